The highest BCUT2D eigenvalue weighted by molar-refractivity contribution is 5.89. The van der Waals surface area contributed by atoms with Crippen LogP contribution in [0.15, 0.2) is 24.3 Å². The van der Waals surface area contributed by atoms with E-state index in [9.17, 15) is 4.79 Å². The molecule has 0 saturated carbocycles. The van der Waals surface area contributed by atoms with E-state index in [1.165, 1.54) is 7.11 Å². The van der Waals surface area contributed by atoms with Gasteiger partial charge in [0.2, 0.25) is 0 Å². The third-order valence-corrected chi connectivity index (χ3v) is 2.78. The van der Waals surface area contributed by atoms with Gasteiger partial charge < -0.3 is 18.9 Å². The van der Waals surface area contributed by atoms with Crippen LogP contribution in [0.2, 0.25) is 0 Å². The molecule has 5 heteroatoms. The van der Waals surface area contributed by atoms with Gasteiger partial charge in [0.25, 0.3) is 0 Å². The molecule has 1 aliphatic heterocycles. The molecule has 1 atom stereocenters. The lowest BCUT2D eigenvalue weighted by atomic mass is 10.2. The number of methoxy groups -OCH3 is 1. The molecule has 1 unspecified atom stereocenters. The maximum absolute atomic E-state index is 11.3. The van der Waals surface area contributed by atoms with Gasteiger partial charge in [-0.05, 0) is 38.1 Å². The van der Waals surface area contributed by atoms with Crippen LogP contribution in [-0.2, 0) is 14.2 Å². The maximum Gasteiger partial charge on any atom is 0.337 e. The Balaban J connectivity index is 1.85. The first kappa shape index (κ1) is 13.8. The van der Waals surface area contributed by atoms with Crippen LogP contribution in [-0.4, -0.2) is 38.2 Å². The van der Waals surface area contributed by atoms with Gasteiger partial charge in [0.15, 0.2) is 5.79 Å². The SMILES string of the molecule is COC(=O)c1ccc(OCC2COC(C)(C)O2)cc1. The maximum atomic E-state index is 11.3. The van der Waals surface area contributed by atoms with Gasteiger partial charge in [-0.1, -0.05) is 0 Å². The van der Waals surface area contributed by atoms with E-state index >= 15 is 0 Å². The van der Waals surface area contributed by atoms with Crippen molar-refractivity contribution in [2.75, 3.05) is 20.3 Å². The Kier molecular flexibility index (Phi) is 4.07. The third-order valence-electron chi connectivity index (χ3n) is 2.78. The number of rotatable bonds is 4. The molecule has 1 saturated heterocycles. The molecule has 0 amide bonds. The summed E-state index contributed by atoms with van der Waals surface area (Å²) in [5.41, 5.74) is 0.497. The predicted molar refractivity (Wildman–Crippen MR) is 68.2 cm³/mol. The van der Waals surface area contributed by atoms with Crippen LogP contribution < -0.4 is 4.74 Å². The monoisotopic (exact) mass is 266 g/mol. The molecule has 0 spiro atoms. The number of benzene rings is 1. The summed E-state index contributed by atoms with van der Waals surface area (Å²) in [6.45, 7) is 4.69. The van der Waals surface area contributed by atoms with E-state index in [0.29, 0.717) is 24.5 Å². The van der Waals surface area contributed by atoms with Crippen molar-refractivity contribution >= 4 is 5.97 Å². The minimum absolute atomic E-state index is 0.0738. The lowest BCUT2D eigenvalue weighted by molar-refractivity contribution is -0.141. The fourth-order valence-corrected chi connectivity index (χ4v) is 1.84. The highest BCUT2D eigenvalue weighted by atomic mass is 16.7. The molecule has 1 heterocycles. The Morgan fingerprint density at radius 3 is 2.58 bits per heavy atom. The number of carbonyl (C=O) groups is 1. The smallest absolute Gasteiger partial charge is 0.337 e. The highest BCUT2D eigenvalue weighted by Crippen LogP contribution is 2.23. The standard InChI is InChI=1S/C14H18O5/c1-14(2)18-9-12(19-14)8-17-11-6-4-10(5-7-11)13(15)16-3/h4-7,12H,8-9H2,1-3H3. The molecule has 0 bridgehead atoms. The minimum atomic E-state index is -0.539. The van der Waals surface area contributed by atoms with Crippen molar-refractivity contribution in [2.45, 2.75) is 25.7 Å². The van der Waals surface area contributed by atoms with Gasteiger partial charge in [-0.15, -0.1) is 0 Å². The zero-order chi connectivity index (χ0) is 13.9. The molecule has 1 aliphatic rings. The summed E-state index contributed by atoms with van der Waals surface area (Å²) >= 11 is 0. The van der Waals surface area contributed by atoms with Gasteiger partial charge in [-0.2, -0.15) is 0 Å². The molecule has 0 radical (unpaired) electrons. The molecular weight excluding hydrogens is 248 g/mol. The Morgan fingerprint density at radius 1 is 1.37 bits per heavy atom. The number of ether oxygens (including phenoxy) is 4. The van der Waals surface area contributed by atoms with E-state index in [4.69, 9.17) is 14.2 Å². The normalized spacial score (nSPS) is 21.1. The average molecular weight is 266 g/mol. The summed E-state index contributed by atoms with van der Waals surface area (Å²) in [4.78, 5) is 11.3. The van der Waals surface area contributed by atoms with Crippen LogP contribution in [0.25, 0.3) is 0 Å². The van der Waals surface area contributed by atoms with Crippen LogP contribution in [0.5, 0.6) is 5.75 Å². The van der Waals surface area contributed by atoms with Crippen LogP contribution in [0.3, 0.4) is 0 Å². The van der Waals surface area contributed by atoms with E-state index in [1.807, 2.05) is 13.8 Å². The lowest BCUT2D eigenvalue weighted by Crippen LogP contribution is -2.25. The van der Waals surface area contributed by atoms with E-state index in [2.05, 4.69) is 4.74 Å². The van der Waals surface area contributed by atoms with Crippen molar-refractivity contribution in [2.24, 2.45) is 0 Å². The average Bonchev–Trinajstić information content (AvgIpc) is 2.76. The van der Waals surface area contributed by atoms with Crippen molar-refractivity contribution in [1.29, 1.82) is 0 Å². The summed E-state index contributed by atoms with van der Waals surface area (Å²) in [6, 6.07) is 6.79. The van der Waals surface area contributed by atoms with Crippen molar-refractivity contribution in [3.63, 3.8) is 0 Å². The van der Waals surface area contributed by atoms with Crippen LogP contribution in [0, 0.1) is 0 Å². The Bertz CT molecular complexity index is 438. The molecule has 19 heavy (non-hydrogen) atoms. The van der Waals surface area contributed by atoms with Crippen molar-refractivity contribution in [1.82, 2.24) is 0 Å². The molecule has 1 fully saturated rings. The Morgan fingerprint density at radius 2 is 2.05 bits per heavy atom. The number of hydrogen-bond acceptors (Lipinski definition) is 5. The van der Waals surface area contributed by atoms with Crippen molar-refractivity contribution in [3.8, 4) is 5.75 Å². The second kappa shape index (κ2) is 5.59. The number of carbonyl (C=O) groups excluding carboxylic acids is 1. The first-order valence-corrected chi connectivity index (χ1v) is 6.13. The minimum Gasteiger partial charge on any atom is -0.491 e. The van der Waals surface area contributed by atoms with Gasteiger partial charge >= 0.3 is 5.97 Å². The molecule has 0 aromatic heterocycles. The van der Waals surface area contributed by atoms with Crippen molar-refractivity contribution < 1.29 is 23.7 Å². The summed E-state index contributed by atoms with van der Waals surface area (Å²) in [5, 5.41) is 0. The lowest BCUT2D eigenvalue weighted by Gasteiger charge is -2.17. The van der Waals surface area contributed by atoms with Crippen LogP contribution in [0.4, 0.5) is 0 Å². The fraction of sp³-hybridized carbons (Fsp3) is 0.500. The summed E-state index contributed by atoms with van der Waals surface area (Å²) in [5.74, 6) is -0.218. The largest absolute Gasteiger partial charge is 0.491 e. The number of esters is 1. The summed E-state index contributed by atoms with van der Waals surface area (Å²) < 4.78 is 21.3. The van der Waals surface area contributed by atoms with E-state index in [-0.39, 0.29) is 12.1 Å². The molecule has 1 aromatic rings. The zero-order valence-electron chi connectivity index (χ0n) is 11.3. The Labute approximate surface area is 112 Å². The van der Waals surface area contributed by atoms with E-state index in [0.717, 1.165) is 0 Å². The predicted octanol–water partition coefficient (Wildman–Crippen LogP) is 2.00. The first-order valence-electron chi connectivity index (χ1n) is 6.13. The van der Waals surface area contributed by atoms with Gasteiger partial charge in [-0.25, -0.2) is 4.79 Å². The second-order valence-corrected chi connectivity index (χ2v) is 4.78. The quantitative estimate of drug-likeness (QED) is 0.780. The first-order chi connectivity index (χ1) is 9.00. The van der Waals surface area contributed by atoms with E-state index < -0.39 is 5.79 Å². The molecule has 0 aliphatic carbocycles. The molecule has 1 aromatic carbocycles. The van der Waals surface area contributed by atoms with Gasteiger partial charge in [0.1, 0.15) is 18.5 Å². The van der Waals surface area contributed by atoms with Gasteiger partial charge in [0.05, 0.1) is 19.3 Å². The van der Waals surface area contributed by atoms with Gasteiger partial charge in [-0.3, -0.25) is 0 Å². The molecular formula is C14H18O5. The molecule has 0 N–H and O–H groups in total. The topological polar surface area (TPSA) is 54.0 Å². The number of hydrogen-bond donors (Lipinski definition) is 0. The van der Waals surface area contributed by atoms with E-state index in [1.54, 1.807) is 24.3 Å². The summed E-state index contributed by atoms with van der Waals surface area (Å²) in [7, 11) is 1.35. The molecule has 2 rings (SSSR count). The second-order valence-electron chi connectivity index (χ2n) is 4.78. The van der Waals surface area contributed by atoms with Crippen LogP contribution in [0.1, 0.15) is 24.2 Å². The van der Waals surface area contributed by atoms with Crippen LogP contribution >= 0.6 is 0 Å². The molecule has 104 valence electrons. The van der Waals surface area contributed by atoms with Gasteiger partial charge in [0, 0.05) is 0 Å². The Hall–Kier alpha value is -1.59. The third kappa shape index (κ3) is 3.68. The highest BCUT2D eigenvalue weighted by Gasteiger charge is 2.32. The van der Waals surface area contributed by atoms with Crippen molar-refractivity contribution in [3.05, 3.63) is 29.8 Å². The fourth-order valence-electron chi connectivity index (χ4n) is 1.84. The summed E-state index contributed by atoms with van der Waals surface area (Å²) in [6.07, 6.45) is -0.0738. The zero-order valence-corrected chi connectivity index (χ0v) is 11.3. The molecule has 5 nitrogen and oxygen atoms in total.